The molecule has 4 nitrogen and oxygen atoms in total. The van der Waals surface area contributed by atoms with Crippen LogP contribution in [0.15, 0.2) is 12.2 Å². The van der Waals surface area contributed by atoms with E-state index < -0.39 is 11.9 Å². The summed E-state index contributed by atoms with van der Waals surface area (Å²) in [6.45, 7) is 4.55. The Morgan fingerprint density at radius 2 is 0.947 bits per heavy atom. The first-order chi connectivity index (χ1) is 9.04. The van der Waals surface area contributed by atoms with E-state index in [-0.39, 0.29) is 0 Å². The molecule has 4 heteroatoms. The Labute approximate surface area is 116 Å². The van der Waals surface area contributed by atoms with Crippen LogP contribution < -0.4 is 0 Å². The standard InChI is InChI=1S/C11H24.C4H4O4/c1-3-5-7-9-11-10-8-6-4-2;5-3(6)1-2-4(7)8/h3-11H2,1-2H3;1-2H,(H,5,6)(H,7,8)/b;2-1+. The van der Waals surface area contributed by atoms with Gasteiger partial charge in [-0.3, -0.25) is 0 Å². The summed E-state index contributed by atoms with van der Waals surface area (Å²) < 4.78 is 0. The molecule has 0 atom stereocenters. The Balaban J connectivity index is 0. The molecule has 0 radical (unpaired) electrons. The van der Waals surface area contributed by atoms with E-state index in [2.05, 4.69) is 13.8 Å². The fourth-order valence-electron chi connectivity index (χ4n) is 1.53. The van der Waals surface area contributed by atoms with E-state index in [4.69, 9.17) is 10.2 Å². The Morgan fingerprint density at radius 1 is 0.684 bits per heavy atom. The van der Waals surface area contributed by atoms with Crippen LogP contribution in [0.25, 0.3) is 0 Å². The van der Waals surface area contributed by atoms with Crippen molar-refractivity contribution < 1.29 is 19.8 Å². The molecule has 19 heavy (non-hydrogen) atoms. The lowest BCUT2D eigenvalue weighted by molar-refractivity contribution is -0.134. The lowest BCUT2D eigenvalue weighted by atomic mass is 10.1. The zero-order chi connectivity index (χ0) is 14.9. The number of hydrogen-bond donors (Lipinski definition) is 2. The molecule has 0 aromatic carbocycles. The normalized spacial score (nSPS) is 10.0. The molecule has 0 aliphatic rings. The van der Waals surface area contributed by atoms with Crippen LogP contribution in [0, 0.1) is 0 Å². The first-order valence-electron chi connectivity index (χ1n) is 7.18. The highest BCUT2D eigenvalue weighted by molar-refractivity contribution is 5.89. The number of carbonyl (C=O) groups is 2. The van der Waals surface area contributed by atoms with Crippen LogP contribution in [0.1, 0.15) is 71.6 Å². The van der Waals surface area contributed by atoms with Crippen molar-refractivity contribution >= 4 is 11.9 Å². The van der Waals surface area contributed by atoms with Crippen molar-refractivity contribution in [1.29, 1.82) is 0 Å². The molecule has 0 amide bonds. The van der Waals surface area contributed by atoms with Crippen molar-refractivity contribution in [2.24, 2.45) is 0 Å². The second-order valence-electron chi connectivity index (χ2n) is 4.48. The summed E-state index contributed by atoms with van der Waals surface area (Å²) in [6.07, 6.45) is 14.1. The topological polar surface area (TPSA) is 74.6 Å². The van der Waals surface area contributed by atoms with Gasteiger partial charge in [0.05, 0.1) is 0 Å². The van der Waals surface area contributed by atoms with Crippen molar-refractivity contribution in [2.45, 2.75) is 71.6 Å². The molecule has 0 aliphatic heterocycles. The minimum Gasteiger partial charge on any atom is -0.478 e. The second kappa shape index (κ2) is 16.7. The van der Waals surface area contributed by atoms with Crippen LogP contribution in [-0.4, -0.2) is 22.2 Å². The maximum Gasteiger partial charge on any atom is 0.328 e. The fraction of sp³-hybridized carbons (Fsp3) is 0.733. The average Bonchev–Trinajstić information content (AvgIpc) is 2.36. The molecule has 2 N–H and O–H groups in total. The smallest absolute Gasteiger partial charge is 0.328 e. The summed E-state index contributed by atoms with van der Waals surface area (Å²) in [5, 5.41) is 15.6. The van der Waals surface area contributed by atoms with Gasteiger partial charge in [0.2, 0.25) is 0 Å². The molecule has 0 rings (SSSR count). The van der Waals surface area contributed by atoms with E-state index in [0.29, 0.717) is 12.2 Å². The largest absolute Gasteiger partial charge is 0.478 e. The summed E-state index contributed by atoms with van der Waals surface area (Å²) in [5.74, 6) is -2.51. The molecule has 0 spiro atoms. The summed E-state index contributed by atoms with van der Waals surface area (Å²) in [5.41, 5.74) is 0. The average molecular weight is 272 g/mol. The third-order valence-electron chi connectivity index (χ3n) is 2.58. The molecule has 0 fully saturated rings. The Kier molecular flexibility index (Phi) is 17.6. The quantitative estimate of drug-likeness (QED) is 0.460. The number of aliphatic carboxylic acids is 2. The summed E-state index contributed by atoms with van der Waals surface area (Å²) in [7, 11) is 0. The van der Waals surface area contributed by atoms with Crippen LogP contribution in [-0.2, 0) is 9.59 Å². The molecule has 0 saturated heterocycles. The zero-order valence-corrected chi connectivity index (χ0v) is 12.2. The first-order valence-corrected chi connectivity index (χ1v) is 7.18. The Morgan fingerprint density at radius 3 is 1.16 bits per heavy atom. The van der Waals surface area contributed by atoms with E-state index in [0.717, 1.165) is 0 Å². The zero-order valence-electron chi connectivity index (χ0n) is 12.2. The van der Waals surface area contributed by atoms with Gasteiger partial charge in [0.15, 0.2) is 0 Å². The molecule has 0 aliphatic carbocycles. The van der Waals surface area contributed by atoms with Crippen LogP contribution in [0.4, 0.5) is 0 Å². The fourth-order valence-corrected chi connectivity index (χ4v) is 1.53. The Bertz CT molecular complexity index is 223. The van der Waals surface area contributed by atoms with Gasteiger partial charge in [0.25, 0.3) is 0 Å². The number of carboxylic acid groups (broad SMARTS) is 2. The molecule has 0 aromatic rings. The molecule has 0 aromatic heterocycles. The minimum absolute atomic E-state index is 0.558. The summed E-state index contributed by atoms with van der Waals surface area (Å²) in [4.78, 5) is 19.1. The van der Waals surface area contributed by atoms with E-state index in [9.17, 15) is 9.59 Å². The monoisotopic (exact) mass is 272 g/mol. The van der Waals surface area contributed by atoms with E-state index >= 15 is 0 Å². The Hall–Kier alpha value is -1.32. The predicted molar refractivity (Wildman–Crippen MR) is 77.3 cm³/mol. The third-order valence-corrected chi connectivity index (χ3v) is 2.58. The number of carboxylic acids is 2. The highest BCUT2D eigenvalue weighted by Crippen LogP contribution is 2.08. The molecular weight excluding hydrogens is 244 g/mol. The molecule has 0 bridgehead atoms. The van der Waals surface area contributed by atoms with Crippen LogP contribution in [0.2, 0.25) is 0 Å². The predicted octanol–water partition coefficient (Wildman–Crippen LogP) is 4.25. The van der Waals surface area contributed by atoms with Gasteiger partial charge in [-0.1, -0.05) is 71.6 Å². The molecular formula is C15H28O4. The van der Waals surface area contributed by atoms with Gasteiger partial charge in [0, 0.05) is 12.2 Å². The highest BCUT2D eigenvalue weighted by Gasteiger charge is 1.89. The van der Waals surface area contributed by atoms with Crippen molar-refractivity contribution in [2.75, 3.05) is 0 Å². The van der Waals surface area contributed by atoms with Gasteiger partial charge in [-0.25, -0.2) is 9.59 Å². The van der Waals surface area contributed by atoms with Crippen LogP contribution >= 0.6 is 0 Å². The molecule has 0 heterocycles. The van der Waals surface area contributed by atoms with Crippen molar-refractivity contribution in [1.82, 2.24) is 0 Å². The molecule has 112 valence electrons. The number of hydrogen-bond acceptors (Lipinski definition) is 2. The van der Waals surface area contributed by atoms with Crippen molar-refractivity contribution in [3.63, 3.8) is 0 Å². The van der Waals surface area contributed by atoms with Gasteiger partial charge in [-0.2, -0.15) is 0 Å². The maximum absolute atomic E-state index is 9.55. The van der Waals surface area contributed by atoms with E-state index in [1.807, 2.05) is 0 Å². The SMILES string of the molecule is CCCCCCCCCCC.O=C(O)/C=C/C(=O)O. The lowest BCUT2D eigenvalue weighted by Gasteiger charge is -1.98. The highest BCUT2D eigenvalue weighted by atomic mass is 16.4. The molecule has 0 saturated carbocycles. The van der Waals surface area contributed by atoms with Gasteiger partial charge in [-0.05, 0) is 0 Å². The first kappa shape index (κ1) is 20.0. The van der Waals surface area contributed by atoms with Gasteiger partial charge in [-0.15, -0.1) is 0 Å². The number of rotatable bonds is 10. The number of unbranched alkanes of at least 4 members (excludes halogenated alkanes) is 8. The molecule has 0 unspecified atom stereocenters. The van der Waals surface area contributed by atoms with E-state index in [1.165, 1.54) is 57.8 Å². The van der Waals surface area contributed by atoms with Gasteiger partial charge in [0.1, 0.15) is 0 Å². The van der Waals surface area contributed by atoms with Gasteiger partial charge >= 0.3 is 11.9 Å². The third kappa shape index (κ3) is 26.3. The van der Waals surface area contributed by atoms with E-state index in [1.54, 1.807) is 0 Å². The van der Waals surface area contributed by atoms with Crippen LogP contribution in [0.5, 0.6) is 0 Å². The summed E-state index contributed by atoms with van der Waals surface area (Å²) in [6, 6.07) is 0. The second-order valence-corrected chi connectivity index (χ2v) is 4.48. The maximum atomic E-state index is 9.55. The van der Waals surface area contributed by atoms with Crippen molar-refractivity contribution in [3.05, 3.63) is 12.2 Å². The van der Waals surface area contributed by atoms with Crippen molar-refractivity contribution in [3.8, 4) is 0 Å². The van der Waals surface area contributed by atoms with Crippen LogP contribution in [0.3, 0.4) is 0 Å². The lowest BCUT2D eigenvalue weighted by Crippen LogP contribution is -1.91. The van der Waals surface area contributed by atoms with Gasteiger partial charge < -0.3 is 10.2 Å². The minimum atomic E-state index is -1.26. The summed E-state index contributed by atoms with van der Waals surface area (Å²) >= 11 is 0.